The first-order valence-corrected chi connectivity index (χ1v) is 22.3. The first-order chi connectivity index (χ1) is 30.0. The highest BCUT2D eigenvalue weighted by Gasteiger charge is 2.23. The van der Waals surface area contributed by atoms with Crippen LogP contribution >= 0.6 is 38.5 Å². The van der Waals surface area contributed by atoms with Crippen LogP contribution in [0.3, 0.4) is 0 Å². The molecule has 0 bridgehead atoms. The van der Waals surface area contributed by atoms with Gasteiger partial charge >= 0.3 is 0 Å². The fraction of sp³-hybridized carbons (Fsp3) is 0.488. The van der Waals surface area contributed by atoms with E-state index in [-0.39, 0.29) is 42.2 Å². The second-order valence-corrected chi connectivity index (χ2v) is 16.8. The quantitative estimate of drug-likeness (QED) is 0.0496. The topological polar surface area (TPSA) is 131 Å². The fourth-order valence-corrected chi connectivity index (χ4v) is 7.19. The third-order valence-corrected chi connectivity index (χ3v) is 11.2. The number of benzene rings is 3. The number of anilines is 1. The van der Waals surface area contributed by atoms with Crippen molar-refractivity contribution in [1.29, 1.82) is 0 Å². The smallest absolute Gasteiger partial charge is 0.275 e. The number of nitrogens with zero attached hydrogens (tertiary/aromatic N) is 6. The molecule has 5 rings (SSSR count). The second kappa shape index (κ2) is 26.3. The lowest BCUT2D eigenvalue weighted by molar-refractivity contribution is -0.132. The van der Waals surface area contributed by atoms with Crippen molar-refractivity contribution in [2.75, 3.05) is 131 Å². The summed E-state index contributed by atoms with van der Waals surface area (Å²) in [5.41, 5.74) is 3.60. The van der Waals surface area contributed by atoms with Crippen molar-refractivity contribution >= 4 is 67.2 Å². The van der Waals surface area contributed by atoms with Crippen molar-refractivity contribution < 1.29 is 46.5 Å². The van der Waals surface area contributed by atoms with Crippen molar-refractivity contribution in [3.8, 4) is 0 Å². The number of carbonyl (C=O) groups excluding carboxylic acids is 2. The zero-order chi connectivity index (χ0) is 44.3. The molecule has 0 atom stereocenters. The number of ether oxygens (including phenoxy) is 4. The van der Waals surface area contributed by atoms with Crippen molar-refractivity contribution in [1.82, 2.24) is 30.1 Å². The van der Waals surface area contributed by atoms with E-state index in [9.17, 15) is 22.8 Å². The maximum Gasteiger partial charge on any atom is 0.275 e. The molecule has 2 heterocycles. The molecule has 19 heteroatoms. The van der Waals surface area contributed by atoms with Gasteiger partial charge in [0.2, 0.25) is 5.91 Å². The van der Waals surface area contributed by atoms with Gasteiger partial charge in [-0.3, -0.25) is 19.4 Å². The number of nitrogens with one attached hydrogen (secondary N) is 1. The van der Waals surface area contributed by atoms with E-state index >= 15 is 0 Å². The van der Waals surface area contributed by atoms with Crippen LogP contribution in [0.2, 0.25) is 0 Å². The number of carbonyl (C=O) groups is 2. The van der Waals surface area contributed by atoms with E-state index in [0.717, 1.165) is 59.6 Å². The predicted octanol–water partition coefficient (Wildman–Crippen LogP) is 5.34. The van der Waals surface area contributed by atoms with Gasteiger partial charge < -0.3 is 38.5 Å². The predicted molar refractivity (Wildman–Crippen MR) is 241 cm³/mol. The van der Waals surface area contributed by atoms with Gasteiger partial charge in [-0.2, -0.15) is 0 Å². The Morgan fingerprint density at radius 2 is 1.40 bits per heavy atom. The molecule has 1 fully saturated rings. The summed E-state index contributed by atoms with van der Waals surface area (Å²) in [7, 11) is 4.08. The van der Waals surface area contributed by atoms with E-state index in [2.05, 4.69) is 41.1 Å². The lowest BCUT2D eigenvalue weighted by Gasteiger charge is -2.35. The van der Waals surface area contributed by atoms with Crippen LogP contribution in [0.1, 0.15) is 27.9 Å². The number of piperazine rings is 1. The Morgan fingerprint density at radius 3 is 2.08 bits per heavy atom. The molecule has 0 spiro atoms. The summed E-state index contributed by atoms with van der Waals surface area (Å²) in [6.45, 7) is 9.18. The Hall–Kier alpha value is -3.54. The maximum atomic E-state index is 14.7. The molecular weight excluding hydrogens is 990 g/mol. The molecule has 338 valence electrons. The van der Waals surface area contributed by atoms with Crippen LogP contribution in [0.15, 0.2) is 59.2 Å². The molecule has 3 aromatic carbocycles. The lowest BCUT2D eigenvalue weighted by Crippen LogP contribution is -2.49. The van der Waals surface area contributed by atoms with Crippen LogP contribution in [-0.4, -0.2) is 162 Å². The van der Waals surface area contributed by atoms with Crippen LogP contribution in [-0.2, 0) is 35.0 Å². The van der Waals surface area contributed by atoms with Crippen molar-refractivity contribution in [2.24, 2.45) is 0 Å². The number of hydrogen-bond donors (Lipinski definition) is 1. The molecule has 4 aromatic rings. The van der Waals surface area contributed by atoms with Crippen molar-refractivity contribution in [2.45, 2.75) is 12.8 Å². The molecule has 14 nitrogen and oxygen atoms in total. The number of hydroxylamine groups is 1. The zero-order valence-electron chi connectivity index (χ0n) is 35.1. The Kier molecular flexibility index (Phi) is 21.0. The molecule has 1 aromatic heterocycles. The second-order valence-electron chi connectivity index (χ2n) is 14.6. The number of halogens is 5. The first-order valence-electron chi connectivity index (χ1n) is 20.4. The Balaban J connectivity index is 0.804. The number of aromatic nitrogens is 2. The summed E-state index contributed by atoms with van der Waals surface area (Å²) in [6, 6.07) is 12.2. The number of fused-ring (bicyclic) bond motifs is 1. The van der Waals surface area contributed by atoms with Crippen LogP contribution in [0, 0.1) is 21.0 Å². The highest BCUT2D eigenvalue weighted by atomic mass is 127. The molecule has 62 heavy (non-hydrogen) atoms. The van der Waals surface area contributed by atoms with Gasteiger partial charge in [-0.1, -0.05) is 22.0 Å². The summed E-state index contributed by atoms with van der Waals surface area (Å²) in [6.07, 6.45) is 1.82. The molecule has 2 amide bonds. The zero-order valence-corrected chi connectivity index (χ0v) is 38.8. The van der Waals surface area contributed by atoms with Crippen LogP contribution in [0.5, 0.6) is 0 Å². The largest absolute Gasteiger partial charge is 0.379 e. The first kappa shape index (κ1) is 49.5. The SMILES string of the molecule is CN(CCOCCOCCONC(=O)c1ccc(F)c(F)c1Cc1ccc(I)cc1F)CCN(C)CCOCCOCCC(=O)N1CCN(c2cnc3ccc(Br)cc3n2)CC1. The van der Waals surface area contributed by atoms with Crippen LogP contribution < -0.4 is 10.4 Å². The Morgan fingerprint density at radius 1 is 0.758 bits per heavy atom. The van der Waals surface area contributed by atoms with Gasteiger partial charge in [0, 0.05) is 77.9 Å². The van der Waals surface area contributed by atoms with Gasteiger partial charge in [0.05, 0.1) is 83.1 Å². The lowest BCUT2D eigenvalue weighted by atomic mass is 9.98. The molecule has 0 radical (unpaired) electrons. The minimum atomic E-state index is -1.22. The van der Waals surface area contributed by atoms with Gasteiger partial charge in [0.15, 0.2) is 11.6 Å². The summed E-state index contributed by atoms with van der Waals surface area (Å²) in [5.74, 6) is -2.81. The molecule has 0 aliphatic carbocycles. The van der Waals surface area contributed by atoms with Crippen LogP contribution in [0.25, 0.3) is 11.0 Å². The number of likely N-dealkylation sites (N-methyl/N-ethyl adjacent to an activating group) is 2. The third kappa shape index (κ3) is 16.2. The molecular formula is C43H54BrF3IN7O7. The maximum absolute atomic E-state index is 14.7. The van der Waals surface area contributed by atoms with E-state index in [4.69, 9.17) is 28.8 Å². The van der Waals surface area contributed by atoms with E-state index in [0.29, 0.717) is 82.4 Å². The van der Waals surface area contributed by atoms with Crippen molar-refractivity contribution in [3.63, 3.8) is 0 Å². The average molecular weight is 1040 g/mol. The highest BCUT2D eigenvalue weighted by Crippen LogP contribution is 2.24. The minimum absolute atomic E-state index is 0.0113. The summed E-state index contributed by atoms with van der Waals surface area (Å²) in [5, 5.41) is 0. The number of amides is 2. The molecule has 0 unspecified atom stereocenters. The Bertz CT molecular complexity index is 2050. The van der Waals surface area contributed by atoms with Gasteiger partial charge in [-0.05, 0) is 84.7 Å². The van der Waals surface area contributed by atoms with Gasteiger partial charge in [0.1, 0.15) is 11.6 Å². The van der Waals surface area contributed by atoms with E-state index in [1.807, 2.05) is 59.8 Å². The molecule has 0 saturated carbocycles. The van der Waals surface area contributed by atoms with Gasteiger partial charge in [-0.15, -0.1) is 0 Å². The van der Waals surface area contributed by atoms with Crippen molar-refractivity contribution in [3.05, 3.63) is 96.9 Å². The third-order valence-electron chi connectivity index (χ3n) is 10.1. The monoisotopic (exact) mass is 1040 g/mol. The van der Waals surface area contributed by atoms with E-state index in [1.165, 1.54) is 12.1 Å². The molecule has 1 aliphatic heterocycles. The standard InChI is InChI=1S/C43H54BrF3IN7O7/c1-52(16-19-59-22-21-58-18-9-41(56)55-14-12-54(13-15-55)40-30-49-38-8-4-32(44)28-39(38)50-40)10-11-53(2)17-20-60-23-24-61-25-26-62-51-43(57)34-6-7-36(45)42(47)35(34)27-31-3-5-33(48)29-37(31)46/h3-8,28-30H,9-27H2,1-2H3,(H,51,57). The molecule has 1 saturated heterocycles. The van der Waals surface area contributed by atoms with Crippen LogP contribution in [0.4, 0.5) is 19.0 Å². The minimum Gasteiger partial charge on any atom is -0.379 e. The number of hydrogen-bond acceptors (Lipinski definition) is 12. The summed E-state index contributed by atoms with van der Waals surface area (Å²) >= 11 is 5.44. The summed E-state index contributed by atoms with van der Waals surface area (Å²) < 4.78 is 67.2. The number of rotatable bonds is 26. The molecule has 1 aliphatic rings. The van der Waals surface area contributed by atoms with Gasteiger partial charge in [0.25, 0.3) is 5.91 Å². The van der Waals surface area contributed by atoms with E-state index in [1.54, 1.807) is 12.3 Å². The normalized spacial score (nSPS) is 13.2. The fourth-order valence-electron chi connectivity index (χ4n) is 6.39. The Labute approximate surface area is 382 Å². The average Bonchev–Trinajstić information content (AvgIpc) is 3.26. The molecule has 1 N–H and O–H groups in total. The summed E-state index contributed by atoms with van der Waals surface area (Å²) in [4.78, 5) is 48.3. The highest BCUT2D eigenvalue weighted by molar-refractivity contribution is 14.1. The van der Waals surface area contributed by atoms with E-state index < -0.39 is 23.4 Å². The van der Waals surface area contributed by atoms with Gasteiger partial charge in [-0.25, -0.2) is 23.6 Å².